The SMILES string of the molecule is COc1cccc2c1N=C1C2=CC(C2CC2)c2c(OC)c(N3CCNC(C)C3)c(F)c[n+]21. The molecule has 1 aromatic heterocycles. The number of fused-ring (bicyclic) bond motifs is 5. The van der Waals surface area contributed by atoms with Crippen LogP contribution in [0.15, 0.2) is 35.5 Å². The molecule has 6 rings (SSSR count). The van der Waals surface area contributed by atoms with Crippen LogP contribution in [0.2, 0.25) is 0 Å². The molecule has 1 aromatic carbocycles. The molecular weight excluding hydrogens is 407 g/mol. The van der Waals surface area contributed by atoms with Crippen molar-refractivity contribution in [2.24, 2.45) is 10.9 Å². The Kier molecular flexibility index (Phi) is 4.50. The van der Waals surface area contributed by atoms with Gasteiger partial charge in [-0.1, -0.05) is 12.1 Å². The summed E-state index contributed by atoms with van der Waals surface area (Å²) in [5, 5.41) is 3.44. The van der Waals surface area contributed by atoms with Crippen molar-refractivity contribution in [2.75, 3.05) is 38.8 Å². The largest absolute Gasteiger partial charge is 0.492 e. The monoisotopic (exact) mass is 435 g/mol. The van der Waals surface area contributed by atoms with Crippen molar-refractivity contribution in [2.45, 2.75) is 31.7 Å². The lowest BCUT2D eigenvalue weighted by molar-refractivity contribution is -0.566. The molecule has 0 radical (unpaired) electrons. The predicted molar refractivity (Wildman–Crippen MR) is 122 cm³/mol. The van der Waals surface area contributed by atoms with Crippen LogP contribution >= 0.6 is 0 Å². The van der Waals surface area contributed by atoms with Gasteiger partial charge in [0, 0.05) is 37.2 Å². The number of hydrogen-bond donors (Lipinski definition) is 1. The number of pyridine rings is 1. The van der Waals surface area contributed by atoms with Crippen LogP contribution in [0.4, 0.5) is 15.8 Å². The standard InChI is InChI=1S/C25H28FN4O2/c1-14-12-29(10-9-27-14)23-19(26)13-30-22(24(23)32-3)17(15-7-8-15)11-18-16-5-4-6-20(31-2)21(16)28-25(18)30/h4-6,11,13-15,17,27H,7-10,12H2,1-3H3/q+1. The lowest BCUT2D eigenvalue weighted by atomic mass is 9.88. The number of allylic oxidation sites excluding steroid dienone is 2. The van der Waals surface area contributed by atoms with Gasteiger partial charge in [0.25, 0.3) is 0 Å². The van der Waals surface area contributed by atoms with E-state index in [0.29, 0.717) is 23.4 Å². The number of para-hydroxylation sites is 1. The molecule has 2 fully saturated rings. The van der Waals surface area contributed by atoms with E-state index >= 15 is 4.39 Å². The van der Waals surface area contributed by atoms with Crippen LogP contribution in [0, 0.1) is 11.7 Å². The molecular formula is C25H28FN4O2+. The number of piperazine rings is 1. The minimum absolute atomic E-state index is 0.163. The summed E-state index contributed by atoms with van der Waals surface area (Å²) in [6.07, 6.45) is 6.28. The highest BCUT2D eigenvalue weighted by atomic mass is 19.1. The molecule has 4 heterocycles. The van der Waals surface area contributed by atoms with Gasteiger partial charge in [0.1, 0.15) is 11.9 Å². The van der Waals surface area contributed by atoms with Crippen molar-refractivity contribution in [3.63, 3.8) is 0 Å². The molecule has 1 N–H and O–H groups in total. The van der Waals surface area contributed by atoms with Crippen molar-refractivity contribution < 1.29 is 18.4 Å². The minimum atomic E-state index is -0.277. The molecule has 0 amide bonds. The van der Waals surface area contributed by atoms with Crippen LogP contribution in [0.5, 0.6) is 11.5 Å². The molecule has 32 heavy (non-hydrogen) atoms. The lowest BCUT2D eigenvalue weighted by Gasteiger charge is -2.35. The first-order valence-corrected chi connectivity index (χ1v) is 11.4. The first kappa shape index (κ1) is 19.7. The summed E-state index contributed by atoms with van der Waals surface area (Å²) in [6.45, 7) is 4.45. The Morgan fingerprint density at radius 1 is 1.22 bits per heavy atom. The summed E-state index contributed by atoms with van der Waals surface area (Å²) < 4.78 is 29.2. The van der Waals surface area contributed by atoms with Gasteiger partial charge in [-0.3, -0.25) is 0 Å². The molecule has 0 spiro atoms. The average Bonchev–Trinajstić information content (AvgIpc) is 3.57. The molecule has 2 unspecified atom stereocenters. The number of halogens is 1. The number of nitrogens with zero attached hydrogens (tertiary/aromatic N) is 3. The van der Waals surface area contributed by atoms with Gasteiger partial charge in [-0.25, -0.2) is 4.39 Å². The molecule has 1 saturated heterocycles. The second-order valence-electron chi connectivity index (χ2n) is 9.15. The average molecular weight is 436 g/mol. The highest BCUT2D eigenvalue weighted by Gasteiger charge is 2.47. The van der Waals surface area contributed by atoms with E-state index in [2.05, 4.69) is 29.3 Å². The second-order valence-corrected chi connectivity index (χ2v) is 9.15. The Bertz CT molecular complexity index is 1170. The second kappa shape index (κ2) is 7.30. The molecule has 1 aliphatic carbocycles. The first-order chi connectivity index (χ1) is 15.6. The molecule has 2 aromatic rings. The van der Waals surface area contributed by atoms with Crippen LogP contribution in [-0.4, -0.2) is 45.7 Å². The Labute approximate surface area is 187 Å². The number of ether oxygens (including phenoxy) is 2. The number of rotatable bonds is 4. The van der Waals surface area contributed by atoms with E-state index in [-0.39, 0.29) is 11.7 Å². The van der Waals surface area contributed by atoms with Gasteiger partial charge >= 0.3 is 5.84 Å². The summed E-state index contributed by atoms with van der Waals surface area (Å²) in [5.41, 5.74) is 4.49. The first-order valence-electron chi connectivity index (χ1n) is 11.4. The molecule has 2 atom stereocenters. The summed E-state index contributed by atoms with van der Waals surface area (Å²) in [5.74, 6) is 2.54. The molecule has 166 valence electrons. The Morgan fingerprint density at radius 2 is 2.06 bits per heavy atom. The van der Waals surface area contributed by atoms with Gasteiger partial charge in [0.2, 0.25) is 5.69 Å². The van der Waals surface area contributed by atoms with Crippen LogP contribution < -0.4 is 24.3 Å². The maximum Gasteiger partial charge on any atom is 0.336 e. The summed E-state index contributed by atoms with van der Waals surface area (Å²) >= 11 is 0. The van der Waals surface area contributed by atoms with Crippen LogP contribution in [0.25, 0.3) is 5.57 Å². The van der Waals surface area contributed by atoms with E-state index in [9.17, 15) is 0 Å². The van der Waals surface area contributed by atoms with E-state index in [0.717, 1.165) is 53.7 Å². The van der Waals surface area contributed by atoms with Crippen molar-refractivity contribution >= 4 is 22.8 Å². The molecule has 7 heteroatoms. The number of hydrogen-bond acceptors (Lipinski definition) is 5. The van der Waals surface area contributed by atoms with E-state index < -0.39 is 0 Å². The molecule has 3 aliphatic heterocycles. The Balaban J connectivity index is 1.57. The number of aromatic nitrogens is 1. The zero-order valence-electron chi connectivity index (χ0n) is 18.7. The number of methoxy groups -OCH3 is 2. The zero-order valence-corrected chi connectivity index (χ0v) is 18.7. The smallest absolute Gasteiger partial charge is 0.336 e. The number of benzene rings is 1. The van der Waals surface area contributed by atoms with Gasteiger partial charge in [-0.15, -0.1) is 0 Å². The third-order valence-electron chi connectivity index (χ3n) is 7.05. The van der Waals surface area contributed by atoms with E-state index in [1.54, 1.807) is 20.4 Å². The third-order valence-corrected chi connectivity index (χ3v) is 7.05. The van der Waals surface area contributed by atoms with Gasteiger partial charge in [0.05, 0.1) is 19.8 Å². The fourth-order valence-electron chi connectivity index (χ4n) is 5.43. The van der Waals surface area contributed by atoms with Crippen LogP contribution in [0.3, 0.4) is 0 Å². The van der Waals surface area contributed by atoms with E-state index in [4.69, 9.17) is 14.5 Å². The quantitative estimate of drug-likeness (QED) is 0.748. The Morgan fingerprint density at radius 3 is 2.78 bits per heavy atom. The number of nitrogens with one attached hydrogen (secondary N) is 1. The van der Waals surface area contributed by atoms with Crippen molar-refractivity contribution in [3.05, 3.63) is 47.5 Å². The number of aliphatic imine (C=N–C) groups is 1. The fourth-order valence-corrected chi connectivity index (χ4v) is 5.43. The fraction of sp³-hybridized carbons (Fsp3) is 0.440. The lowest BCUT2D eigenvalue weighted by Crippen LogP contribution is -2.52. The van der Waals surface area contributed by atoms with Crippen LogP contribution in [0.1, 0.15) is 36.9 Å². The summed E-state index contributed by atoms with van der Waals surface area (Å²) in [7, 11) is 3.31. The molecule has 6 nitrogen and oxygen atoms in total. The molecule has 4 aliphatic rings. The van der Waals surface area contributed by atoms with Gasteiger partial charge in [0.15, 0.2) is 23.0 Å². The number of anilines is 1. The van der Waals surface area contributed by atoms with Crippen molar-refractivity contribution in [1.29, 1.82) is 0 Å². The zero-order chi connectivity index (χ0) is 22.0. The maximum atomic E-state index is 15.7. The van der Waals surface area contributed by atoms with Gasteiger partial charge < -0.3 is 19.7 Å². The summed E-state index contributed by atoms with van der Waals surface area (Å²) in [6, 6.07) is 6.27. The summed E-state index contributed by atoms with van der Waals surface area (Å²) in [4.78, 5) is 7.03. The Hall–Kier alpha value is -2.93. The van der Waals surface area contributed by atoms with Crippen LogP contribution in [-0.2, 0) is 0 Å². The van der Waals surface area contributed by atoms with Gasteiger partial charge in [-0.2, -0.15) is 4.57 Å². The predicted octanol–water partition coefficient (Wildman–Crippen LogP) is 3.41. The van der Waals surface area contributed by atoms with E-state index in [1.807, 2.05) is 16.7 Å². The third kappa shape index (κ3) is 2.87. The highest BCUT2D eigenvalue weighted by molar-refractivity contribution is 6.25. The molecule has 1 saturated carbocycles. The minimum Gasteiger partial charge on any atom is -0.492 e. The van der Waals surface area contributed by atoms with Gasteiger partial charge in [-0.05, 0) is 42.8 Å². The highest BCUT2D eigenvalue weighted by Crippen LogP contribution is 2.52. The van der Waals surface area contributed by atoms with Crippen molar-refractivity contribution in [3.8, 4) is 11.5 Å². The van der Waals surface area contributed by atoms with Crippen molar-refractivity contribution in [1.82, 2.24) is 5.32 Å². The maximum absolute atomic E-state index is 15.7. The topological polar surface area (TPSA) is 50.0 Å². The van der Waals surface area contributed by atoms with E-state index in [1.165, 1.54) is 12.8 Å². The molecule has 0 bridgehead atoms. The normalized spacial score (nSPS) is 23.7.